The van der Waals surface area contributed by atoms with E-state index in [9.17, 15) is 8.42 Å². The second-order valence-corrected chi connectivity index (χ2v) is 7.52. The van der Waals surface area contributed by atoms with Gasteiger partial charge in [0, 0.05) is 19.0 Å². The molecule has 0 aliphatic carbocycles. The highest BCUT2D eigenvalue weighted by molar-refractivity contribution is 7.89. The predicted molar refractivity (Wildman–Crippen MR) is 84.1 cm³/mol. The minimum atomic E-state index is -3.38. The molecule has 1 saturated heterocycles. The van der Waals surface area contributed by atoms with E-state index in [2.05, 4.69) is 0 Å². The molecule has 1 aromatic rings. The van der Waals surface area contributed by atoms with Crippen molar-refractivity contribution in [3.05, 3.63) is 29.8 Å². The first kappa shape index (κ1) is 15.4. The lowest BCUT2D eigenvalue weighted by atomic mass is 10.1. The Kier molecular flexibility index (Phi) is 4.78. The molecule has 110 valence electrons. The van der Waals surface area contributed by atoms with Crippen molar-refractivity contribution in [3.8, 4) is 0 Å². The zero-order chi connectivity index (χ0) is 14.8. The van der Waals surface area contributed by atoms with Gasteiger partial charge in [0.2, 0.25) is 10.0 Å². The number of nitrogens with two attached hydrogens (primary N) is 1. The van der Waals surface area contributed by atoms with Crippen LogP contribution in [0.1, 0.15) is 31.7 Å². The van der Waals surface area contributed by atoms with Gasteiger partial charge in [-0.25, -0.2) is 8.42 Å². The van der Waals surface area contributed by atoms with Crippen LogP contribution in [0.15, 0.2) is 29.2 Å². The molecule has 20 heavy (non-hydrogen) atoms. The van der Waals surface area contributed by atoms with E-state index in [0.717, 1.165) is 24.8 Å². The summed E-state index contributed by atoms with van der Waals surface area (Å²) in [6.45, 7) is 2.65. The van der Waals surface area contributed by atoms with Gasteiger partial charge in [0.15, 0.2) is 0 Å². The van der Waals surface area contributed by atoms with Crippen LogP contribution in [-0.2, 0) is 16.4 Å². The highest BCUT2D eigenvalue weighted by atomic mass is 32.2. The summed E-state index contributed by atoms with van der Waals surface area (Å²) < 4.78 is 26.9. The van der Waals surface area contributed by atoms with Gasteiger partial charge in [0.05, 0.1) is 9.88 Å². The van der Waals surface area contributed by atoms with Crippen molar-refractivity contribution in [1.29, 1.82) is 0 Å². The molecule has 1 aliphatic rings. The van der Waals surface area contributed by atoms with Crippen LogP contribution in [0.25, 0.3) is 0 Å². The molecule has 0 bridgehead atoms. The highest BCUT2D eigenvalue weighted by Crippen LogP contribution is 2.27. The van der Waals surface area contributed by atoms with Crippen molar-refractivity contribution in [1.82, 2.24) is 4.31 Å². The van der Waals surface area contributed by atoms with E-state index in [0.29, 0.717) is 22.8 Å². The monoisotopic (exact) mass is 312 g/mol. The van der Waals surface area contributed by atoms with Gasteiger partial charge < -0.3 is 5.73 Å². The van der Waals surface area contributed by atoms with Crippen molar-refractivity contribution in [2.45, 2.75) is 43.5 Å². The predicted octanol–water partition coefficient (Wildman–Crippen LogP) is 2.08. The molecule has 1 unspecified atom stereocenters. The Balaban J connectivity index is 2.23. The molecule has 1 aliphatic heterocycles. The Bertz CT molecular complexity index is 582. The van der Waals surface area contributed by atoms with E-state index in [1.54, 1.807) is 28.6 Å². The molecule has 1 fully saturated rings. The molecule has 2 N–H and O–H groups in total. The van der Waals surface area contributed by atoms with Crippen LogP contribution in [0.4, 0.5) is 0 Å². The molecule has 0 saturated carbocycles. The number of thiocarbonyl (C=S) groups is 1. The molecule has 4 nitrogen and oxygen atoms in total. The van der Waals surface area contributed by atoms with Gasteiger partial charge in [-0.3, -0.25) is 0 Å². The van der Waals surface area contributed by atoms with E-state index < -0.39 is 10.0 Å². The maximum Gasteiger partial charge on any atom is 0.243 e. The molecule has 0 spiro atoms. The SMILES string of the molecule is CCC1CCCN1S(=O)(=O)c1ccc(CC(N)=S)cc1. The quantitative estimate of drug-likeness (QED) is 0.846. The molecule has 1 aromatic carbocycles. The lowest BCUT2D eigenvalue weighted by Gasteiger charge is -2.23. The van der Waals surface area contributed by atoms with Gasteiger partial charge in [-0.1, -0.05) is 31.3 Å². The number of rotatable bonds is 5. The summed E-state index contributed by atoms with van der Waals surface area (Å²) in [6.07, 6.45) is 3.25. The summed E-state index contributed by atoms with van der Waals surface area (Å²) >= 11 is 4.85. The Morgan fingerprint density at radius 1 is 1.40 bits per heavy atom. The largest absolute Gasteiger partial charge is 0.393 e. The van der Waals surface area contributed by atoms with Gasteiger partial charge in [0.1, 0.15) is 0 Å². The topological polar surface area (TPSA) is 63.4 Å². The maximum atomic E-state index is 12.6. The molecule has 6 heteroatoms. The van der Waals surface area contributed by atoms with Gasteiger partial charge >= 0.3 is 0 Å². The third-order valence-corrected chi connectivity index (χ3v) is 5.81. The molecule has 0 amide bonds. The Labute approximate surface area is 126 Å². The van der Waals surface area contributed by atoms with Crippen LogP contribution in [0, 0.1) is 0 Å². The summed E-state index contributed by atoms with van der Waals surface area (Å²) in [4.78, 5) is 0.760. The molecule has 2 rings (SSSR count). The lowest BCUT2D eigenvalue weighted by Crippen LogP contribution is -2.35. The maximum absolute atomic E-state index is 12.6. The van der Waals surface area contributed by atoms with Crippen LogP contribution >= 0.6 is 12.2 Å². The first-order valence-corrected chi connectivity index (χ1v) is 8.69. The fourth-order valence-corrected chi connectivity index (χ4v) is 4.58. The third-order valence-electron chi connectivity index (χ3n) is 3.70. The first-order chi connectivity index (χ1) is 9.45. The van der Waals surface area contributed by atoms with Crippen LogP contribution in [0.5, 0.6) is 0 Å². The molecule has 0 aromatic heterocycles. The van der Waals surface area contributed by atoms with Crippen molar-refractivity contribution < 1.29 is 8.42 Å². The molecular weight excluding hydrogens is 292 g/mol. The van der Waals surface area contributed by atoms with E-state index in [4.69, 9.17) is 18.0 Å². The summed E-state index contributed by atoms with van der Waals surface area (Å²) in [5, 5.41) is 0. The standard InChI is InChI=1S/C14H20N2O2S2/c1-2-12-4-3-9-16(12)20(17,18)13-7-5-11(6-8-13)10-14(15)19/h5-8,12H,2-4,9-10H2,1H3,(H2,15,19). The third kappa shape index (κ3) is 3.19. The molecule has 1 heterocycles. The minimum absolute atomic E-state index is 0.135. The van der Waals surface area contributed by atoms with Gasteiger partial charge in [-0.15, -0.1) is 0 Å². The van der Waals surface area contributed by atoms with Gasteiger partial charge in [0.25, 0.3) is 0 Å². The molecule has 0 radical (unpaired) electrons. The smallest absolute Gasteiger partial charge is 0.243 e. The number of nitrogens with zero attached hydrogens (tertiary/aromatic N) is 1. The average Bonchev–Trinajstić information content (AvgIpc) is 2.87. The van der Waals surface area contributed by atoms with E-state index >= 15 is 0 Å². The fraction of sp³-hybridized carbons (Fsp3) is 0.500. The second kappa shape index (κ2) is 6.20. The van der Waals surface area contributed by atoms with E-state index in [-0.39, 0.29) is 6.04 Å². The summed E-state index contributed by atoms with van der Waals surface area (Å²) in [5.74, 6) is 0. The second-order valence-electron chi connectivity index (χ2n) is 5.11. The fourth-order valence-electron chi connectivity index (χ4n) is 2.65. The number of sulfonamides is 1. The summed E-state index contributed by atoms with van der Waals surface area (Å²) in [5.41, 5.74) is 6.42. The number of hydrogen-bond acceptors (Lipinski definition) is 3. The van der Waals surface area contributed by atoms with Crippen molar-refractivity contribution >= 4 is 27.2 Å². The van der Waals surface area contributed by atoms with Gasteiger partial charge in [-0.05, 0) is 37.0 Å². The zero-order valence-corrected chi connectivity index (χ0v) is 13.2. The minimum Gasteiger partial charge on any atom is -0.393 e. The zero-order valence-electron chi connectivity index (χ0n) is 11.6. The summed E-state index contributed by atoms with van der Waals surface area (Å²) in [6, 6.07) is 6.99. The first-order valence-electron chi connectivity index (χ1n) is 6.84. The average molecular weight is 312 g/mol. The summed E-state index contributed by atoms with van der Waals surface area (Å²) in [7, 11) is -3.38. The normalized spacial score (nSPS) is 20.1. The van der Waals surface area contributed by atoms with Crippen LogP contribution < -0.4 is 5.73 Å². The van der Waals surface area contributed by atoms with Crippen molar-refractivity contribution in [2.24, 2.45) is 5.73 Å². The van der Waals surface area contributed by atoms with E-state index in [1.807, 2.05) is 6.92 Å². The van der Waals surface area contributed by atoms with Gasteiger partial charge in [-0.2, -0.15) is 4.31 Å². The number of benzene rings is 1. The van der Waals surface area contributed by atoms with Crippen LogP contribution in [-0.4, -0.2) is 30.3 Å². The van der Waals surface area contributed by atoms with Crippen LogP contribution in [0.3, 0.4) is 0 Å². The lowest BCUT2D eigenvalue weighted by molar-refractivity contribution is 0.379. The highest BCUT2D eigenvalue weighted by Gasteiger charge is 2.33. The Hall–Kier alpha value is -0.980. The van der Waals surface area contributed by atoms with E-state index in [1.165, 1.54) is 0 Å². The van der Waals surface area contributed by atoms with Crippen molar-refractivity contribution in [2.75, 3.05) is 6.54 Å². The Morgan fingerprint density at radius 3 is 2.60 bits per heavy atom. The number of hydrogen-bond donors (Lipinski definition) is 1. The van der Waals surface area contributed by atoms with Crippen LogP contribution in [0.2, 0.25) is 0 Å². The Morgan fingerprint density at radius 2 is 2.05 bits per heavy atom. The van der Waals surface area contributed by atoms with Crippen molar-refractivity contribution in [3.63, 3.8) is 0 Å². The molecular formula is C14H20N2O2S2. The molecule has 1 atom stereocenters.